The minimum atomic E-state index is -0.0194. The average Bonchev–Trinajstić information content (AvgIpc) is 3.24. The monoisotopic (exact) mass is 353 g/mol. The predicted octanol–water partition coefficient (Wildman–Crippen LogP) is 2.61. The number of amides is 1. The van der Waals surface area contributed by atoms with Crippen LogP contribution in [0.1, 0.15) is 29.0 Å². The minimum absolute atomic E-state index is 0.0194. The molecule has 136 valence electrons. The number of benzene rings is 1. The Balaban J connectivity index is 1.41. The van der Waals surface area contributed by atoms with E-state index in [1.807, 2.05) is 56.3 Å². The summed E-state index contributed by atoms with van der Waals surface area (Å²) in [5, 5.41) is 4.30. The zero-order valence-electron chi connectivity index (χ0n) is 15.3. The number of carbonyl (C=O) groups excluding carboxylic acids is 1. The van der Waals surface area contributed by atoms with Crippen molar-refractivity contribution in [3.63, 3.8) is 0 Å². The van der Waals surface area contributed by atoms with E-state index in [0.29, 0.717) is 11.7 Å². The normalized spacial score (nSPS) is 15.6. The summed E-state index contributed by atoms with van der Waals surface area (Å²) in [4.78, 5) is 21.2. The molecule has 0 saturated carbocycles. The molecule has 0 spiro atoms. The number of fused-ring (bicyclic) bond motifs is 1. The van der Waals surface area contributed by atoms with Gasteiger partial charge < -0.3 is 14.2 Å². The number of aryl methyl sites for hydroxylation is 2. The van der Waals surface area contributed by atoms with E-state index < -0.39 is 0 Å². The van der Waals surface area contributed by atoms with Crippen LogP contribution in [0.2, 0.25) is 0 Å². The molecule has 4 rings (SSSR count). The fourth-order valence-electron chi connectivity index (χ4n) is 3.45. The van der Waals surface area contributed by atoms with E-state index >= 15 is 0 Å². The Morgan fingerprint density at radius 1 is 1.27 bits per heavy atom. The number of anilines is 1. The second-order valence-electron chi connectivity index (χ2n) is 6.89. The van der Waals surface area contributed by atoms with Gasteiger partial charge >= 0.3 is 0 Å². The maximum atomic E-state index is 12.7. The SMILES string of the molecule is Cc1cc(C(=O)N(C)C2CCN(c3nc4ccccc4o3)CC2)nn1C. The molecule has 2 aromatic heterocycles. The van der Waals surface area contributed by atoms with E-state index in [4.69, 9.17) is 4.42 Å². The summed E-state index contributed by atoms with van der Waals surface area (Å²) in [6, 6.07) is 10.5. The summed E-state index contributed by atoms with van der Waals surface area (Å²) in [6.45, 7) is 3.58. The first-order valence-corrected chi connectivity index (χ1v) is 8.91. The van der Waals surface area contributed by atoms with Gasteiger partial charge in [0.05, 0.1) is 0 Å². The average molecular weight is 353 g/mol. The third-order valence-corrected chi connectivity index (χ3v) is 5.22. The van der Waals surface area contributed by atoms with E-state index in [9.17, 15) is 4.79 Å². The first-order valence-electron chi connectivity index (χ1n) is 8.91. The molecule has 1 saturated heterocycles. The first-order chi connectivity index (χ1) is 12.5. The molecular weight excluding hydrogens is 330 g/mol. The molecule has 1 amide bonds. The molecule has 0 bridgehead atoms. The van der Waals surface area contributed by atoms with Crippen LogP contribution in [-0.2, 0) is 7.05 Å². The van der Waals surface area contributed by atoms with Gasteiger partial charge in [0.2, 0.25) is 0 Å². The number of hydrogen-bond acceptors (Lipinski definition) is 5. The van der Waals surface area contributed by atoms with Crippen LogP contribution in [0.25, 0.3) is 11.1 Å². The Morgan fingerprint density at radius 3 is 2.65 bits per heavy atom. The van der Waals surface area contributed by atoms with Crippen LogP contribution in [0.4, 0.5) is 6.01 Å². The highest BCUT2D eigenvalue weighted by molar-refractivity contribution is 5.92. The van der Waals surface area contributed by atoms with Gasteiger partial charge in [0.15, 0.2) is 11.3 Å². The van der Waals surface area contributed by atoms with Gasteiger partial charge in [0.1, 0.15) is 5.52 Å². The molecular formula is C19H23N5O2. The zero-order valence-corrected chi connectivity index (χ0v) is 15.3. The van der Waals surface area contributed by atoms with Crippen molar-refractivity contribution in [3.8, 4) is 0 Å². The van der Waals surface area contributed by atoms with Gasteiger partial charge in [-0.15, -0.1) is 0 Å². The topological polar surface area (TPSA) is 67.4 Å². The van der Waals surface area contributed by atoms with Crippen molar-refractivity contribution >= 4 is 23.0 Å². The highest BCUT2D eigenvalue weighted by Gasteiger charge is 2.28. The number of piperidine rings is 1. The van der Waals surface area contributed by atoms with E-state index in [2.05, 4.69) is 15.0 Å². The molecule has 0 N–H and O–H groups in total. The molecule has 0 radical (unpaired) electrons. The van der Waals surface area contributed by atoms with Gasteiger partial charge in [-0.25, -0.2) is 0 Å². The largest absolute Gasteiger partial charge is 0.423 e. The number of carbonyl (C=O) groups is 1. The molecule has 26 heavy (non-hydrogen) atoms. The molecule has 0 aliphatic carbocycles. The Kier molecular flexibility index (Phi) is 4.14. The van der Waals surface area contributed by atoms with E-state index in [1.165, 1.54) is 0 Å². The fraction of sp³-hybridized carbons (Fsp3) is 0.421. The number of para-hydroxylation sites is 2. The number of oxazole rings is 1. The minimum Gasteiger partial charge on any atom is -0.423 e. The third-order valence-electron chi connectivity index (χ3n) is 5.22. The van der Waals surface area contributed by atoms with Crippen molar-refractivity contribution in [2.75, 3.05) is 25.0 Å². The van der Waals surface area contributed by atoms with Crippen molar-refractivity contribution in [2.45, 2.75) is 25.8 Å². The van der Waals surface area contributed by atoms with Crippen LogP contribution >= 0.6 is 0 Å². The van der Waals surface area contributed by atoms with Crippen LogP contribution in [0.3, 0.4) is 0 Å². The van der Waals surface area contributed by atoms with Crippen LogP contribution in [0, 0.1) is 6.92 Å². The molecule has 0 unspecified atom stereocenters. The van der Waals surface area contributed by atoms with Crippen molar-refractivity contribution in [1.82, 2.24) is 19.7 Å². The van der Waals surface area contributed by atoms with Crippen LogP contribution in [0.5, 0.6) is 0 Å². The zero-order chi connectivity index (χ0) is 18.3. The molecule has 1 aliphatic heterocycles. The lowest BCUT2D eigenvalue weighted by Gasteiger charge is -2.35. The number of nitrogens with zero attached hydrogens (tertiary/aromatic N) is 5. The van der Waals surface area contributed by atoms with Crippen molar-refractivity contribution in [1.29, 1.82) is 0 Å². The quantitative estimate of drug-likeness (QED) is 0.724. The summed E-state index contributed by atoms with van der Waals surface area (Å²) in [5.41, 5.74) is 3.17. The maximum Gasteiger partial charge on any atom is 0.298 e. The number of hydrogen-bond donors (Lipinski definition) is 0. The summed E-state index contributed by atoms with van der Waals surface area (Å²) in [7, 11) is 3.72. The highest BCUT2D eigenvalue weighted by atomic mass is 16.4. The standard InChI is InChI=1S/C19H23N5O2/c1-13-12-16(21-23(13)3)18(25)22(2)14-8-10-24(11-9-14)19-20-15-6-4-5-7-17(15)26-19/h4-7,12,14H,8-11H2,1-3H3. The molecule has 1 aromatic carbocycles. The Bertz CT molecular complexity index is 884. The molecule has 1 aliphatic rings. The predicted molar refractivity (Wildman–Crippen MR) is 99.3 cm³/mol. The fourth-order valence-corrected chi connectivity index (χ4v) is 3.45. The molecule has 0 atom stereocenters. The summed E-state index contributed by atoms with van der Waals surface area (Å²) < 4.78 is 7.59. The second kappa shape index (κ2) is 6.48. The summed E-state index contributed by atoms with van der Waals surface area (Å²) >= 11 is 0. The van der Waals surface area contributed by atoms with Gasteiger partial charge in [0, 0.05) is 38.9 Å². The molecule has 3 heterocycles. The molecule has 7 nitrogen and oxygen atoms in total. The van der Waals surface area contributed by atoms with E-state index in [-0.39, 0.29) is 11.9 Å². The van der Waals surface area contributed by atoms with Crippen molar-refractivity contribution in [2.24, 2.45) is 7.05 Å². The highest BCUT2D eigenvalue weighted by Crippen LogP contribution is 2.26. The van der Waals surface area contributed by atoms with E-state index in [0.717, 1.165) is 42.7 Å². The van der Waals surface area contributed by atoms with Crippen LogP contribution in [-0.4, -0.2) is 51.8 Å². The lowest BCUT2D eigenvalue weighted by Crippen LogP contribution is -2.45. The Hall–Kier alpha value is -2.83. The van der Waals surface area contributed by atoms with Crippen molar-refractivity contribution in [3.05, 3.63) is 41.7 Å². The lowest BCUT2D eigenvalue weighted by atomic mass is 10.0. The van der Waals surface area contributed by atoms with Gasteiger partial charge in [-0.2, -0.15) is 10.1 Å². The van der Waals surface area contributed by atoms with Gasteiger partial charge in [-0.1, -0.05) is 12.1 Å². The van der Waals surface area contributed by atoms with Gasteiger partial charge in [0.25, 0.3) is 11.9 Å². The maximum absolute atomic E-state index is 12.7. The van der Waals surface area contributed by atoms with Crippen LogP contribution < -0.4 is 4.90 Å². The van der Waals surface area contributed by atoms with Crippen molar-refractivity contribution < 1.29 is 9.21 Å². The molecule has 1 fully saturated rings. The lowest BCUT2D eigenvalue weighted by molar-refractivity contribution is 0.0701. The van der Waals surface area contributed by atoms with Gasteiger partial charge in [-0.05, 0) is 38.0 Å². The smallest absolute Gasteiger partial charge is 0.298 e. The Morgan fingerprint density at radius 2 is 2.00 bits per heavy atom. The van der Waals surface area contributed by atoms with E-state index in [1.54, 1.807) is 4.68 Å². The second-order valence-corrected chi connectivity index (χ2v) is 6.89. The number of rotatable bonds is 3. The first kappa shape index (κ1) is 16.6. The van der Waals surface area contributed by atoms with Crippen LogP contribution in [0.15, 0.2) is 34.7 Å². The Labute approximate surface area is 152 Å². The molecule has 3 aromatic rings. The summed E-state index contributed by atoms with van der Waals surface area (Å²) in [5.74, 6) is -0.0194. The molecule has 7 heteroatoms. The third kappa shape index (κ3) is 2.94. The van der Waals surface area contributed by atoms with Gasteiger partial charge in [-0.3, -0.25) is 9.48 Å². The number of aromatic nitrogens is 3. The summed E-state index contributed by atoms with van der Waals surface area (Å²) in [6.07, 6.45) is 1.76.